The lowest BCUT2D eigenvalue weighted by Crippen LogP contribution is -2.46. The van der Waals surface area contributed by atoms with E-state index in [4.69, 9.17) is 14.2 Å². The van der Waals surface area contributed by atoms with Gasteiger partial charge in [0.1, 0.15) is 0 Å². The number of alkyl halides is 6. The van der Waals surface area contributed by atoms with Gasteiger partial charge in [-0.3, -0.25) is 4.90 Å². The number of methoxy groups -OCH3 is 3. The van der Waals surface area contributed by atoms with Crippen LogP contribution in [0.15, 0.2) is 30.3 Å². The van der Waals surface area contributed by atoms with Gasteiger partial charge in [-0.15, -0.1) is 0 Å². The van der Waals surface area contributed by atoms with Crippen LogP contribution in [-0.2, 0) is 23.6 Å². The Kier molecular flexibility index (Phi) is 9.42. The molecule has 1 fully saturated rings. The van der Waals surface area contributed by atoms with Crippen molar-refractivity contribution in [1.82, 2.24) is 4.90 Å². The number of benzene rings is 2. The van der Waals surface area contributed by atoms with Crippen LogP contribution >= 0.6 is 0 Å². The second-order valence-electron chi connectivity index (χ2n) is 11.0. The standard InChI is InChI=1S/C30H36F6N2O4/c1-18-10-24(23-14-26(40-2)27(41-3)15-25(23)37(18)16-19-8-6-5-7-9-19)38(28(39)42-4)17-20-11-21(29(31,32)33)13-22(12-20)30(34,35)36/h11-15,18-19,24H,5-10,16-17H2,1-4H3. The number of hydrogen-bond acceptors (Lipinski definition) is 5. The van der Waals surface area contributed by atoms with Crippen LogP contribution in [0.25, 0.3) is 0 Å². The summed E-state index contributed by atoms with van der Waals surface area (Å²) in [6.45, 7) is 2.24. The highest BCUT2D eigenvalue weighted by molar-refractivity contribution is 5.71. The summed E-state index contributed by atoms with van der Waals surface area (Å²) in [6.07, 6.45) is -4.82. The van der Waals surface area contributed by atoms with Crippen LogP contribution in [0, 0.1) is 5.92 Å². The summed E-state index contributed by atoms with van der Waals surface area (Å²) < 4.78 is 97.6. The molecule has 6 nitrogen and oxygen atoms in total. The Bertz CT molecular complexity index is 1230. The minimum absolute atomic E-state index is 0.0737. The van der Waals surface area contributed by atoms with Gasteiger partial charge in [-0.2, -0.15) is 26.3 Å². The quantitative estimate of drug-likeness (QED) is 0.299. The van der Waals surface area contributed by atoms with Crippen LogP contribution in [0.4, 0.5) is 36.8 Å². The van der Waals surface area contributed by atoms with Crippen LogP contribution in [0.5, 0.6) is 11.5 Å². The smallest absolute Gasteiger partial charge is 0.416 e. The number of nitrogens with zero attached hydrogens (tertiary/aromatic N) is 2. The molecule has 1 amide bonds. The maximum atomic E-state index is 13.6. The van der Waals surface area contributed by atoms with E-state index in [2.05, 4.69) is 4.90 Å². The summed E-state index contributed by atoms with van der Waals surface area (Å²) >= 11 is 0. The van der Waals surface area contributed by atoms with E-state index in [9.17, 15) is 31.1 Å². The Morgan fingerprint density at radius 3 is 1.98 bits per heavy atom. The van der Waals surface area contributed by atoms with E-state index >= 15 is 0 Å². The summed E-state index contributed by atoms with van der Waals surface area (Å²) in [5.74, 6) is 1.33. The van der Waals surface area contributed by atoms with E-state index < -0.39 is 42.2 Å². The topological polar surface area (TPSA) is 51.2 Å². The number of carbonyl (C=O) groups is 1. The highest BCUT2D eigenvalue weighted by atomic mass is 19.4. The first-order valence-electron chi connectivity index (χ1n) is 13.9. The first-order valence-corrected chi connectivity index (χ1v) is 13.9. The molecule has 0 aromatic heterocycles. The number of fused-ring (bicyclic) bond motifs is 1. The Balaban J connectivity index is 1.81. The average molecular weight is 603 g/mol. The first-order chi connectivity index (χ1) is 19.8. The fraction of sp³-hybridized carbons (Fsp3) is 0.567. The van der Waals surface area contributed by atoms with Gasteiger partial charge in [-0.1, -0.05) is 19.3 Å². The largest absolute Gasteiger partial charge is 0.493 e. The van der Waals surface area contributed by atoms with E-state index in [0.29, 0.717) is 41.5 Å². The molecule has 0 radical (unpaired) electrons. The summed E-state index contributed by atoms with van der Waals surface area (Å²) in [5, 5.41) is 0. The molecule has 0 N–H and O–H groups in total. The number of anilines is 1. The van der Waals surface area contributed by atoms with Crippen LogP contribution in [-0.4, -0.2) is 44.9 Å². The molecule has 2 unspecified atom stereocenters. The van der Waals surface area contributed by atoms with Crippen LogP contribution in [0.1, 0.15) is 73.7 Å². The van der Waals surface area contributed by atoms with E-state index in [1.807, 2.05) is 13.0 Å². The molecular formula is C30H36F6N2O4. The molecule has 0 spiro atoms. The summed E-state index contributed by atoms with van der Waals surface area (Å²) in [4.78, 5) is 16.6. The Labute approximate surface area is 241 Å². The number of amides is 1. The summed E-state index contributed by atoms with van der Waals surface area (Å²) in [6, 6.07) is 4.06. The Morgan fingerprint density at radius 1 is 0.881 bits per heavy atom. The normalized spacial score (nSPS) is 19.7. The molecule has 1 aliphatic heterocycles. The number of rotatable bonds is 7. The molecule has 12 heteroatoms. The third kappa shape index (κ3) is 6.83. The van der Waals surface area contributed by atoms with E-state index in [-0.39, 0.29) is 17.7 Å². The molecule has 232 valence electrons. The molecule has 0 saturated heterocycles. The first kappa shape index (κ1) is 31.6. The van der Waals surface area contributed by atoms with Gasteiger partial charge in [0.15, 0.2) is 11.5 Å². The molecule has 0 bridgehead atoms. The van der Waals surface area contributed by atoms with Crippen molar-refractivity contribution in [2.45, 2.75) is 76.4 Å². The summed E-state index contributed by atoms with van der Waals surface area (Å²) in [5.41, 5.74) is -1.79. The molecule has 42 heavy (non-hydrogen) atoms. The molecule has 1 aliphatic carbocycles. The maximum Gasteiger partial charge on any atom is 0.416 e. The SMILES string of the molecule is COC(=O)N(Cc1cc(C(F)(F)F)cc(C(F)(F)F)c1)C1CC(C)N(CC2CCCCC2)c2cc(OC)c(OC)cc21. The Hall–Kier alpha value is -3.31. The molecule has 2 aliphatic rings. The van der Waals surface area contributed by atoms with Crippen molar-refractivity contribution in [3.8, 4) is 11.5 Å². The molecule has 4 rings (SSSR count). The molecular weight excluding hydrogens is 566 g/mol. The number of hydrogen-bond donors (Lipinski definition) is 0. The molecule has 1 heterocycles. The third-order valence-electron chi connectivity index (χ3n) is 8.26. The molecule has 2 aromatic rings. The monoisotopic (exact) mass is 602 g/mol. The van der Waals surface area contributed by atoms with Crippen molar-refractivity contribution in [2.75, 3.05) is 32.8 Å². The maximum absolute atomic E-state index is 13.6. The van der Waals surface area contributed by atoms with Crippen molar-refractivity contribution in [3.63, 3.8) is 0 Å². The van der Waals surface area contributed by atoms with E-state index in [0.717, 1.165) is 45.0 Å². The highest BCUT2D eigenvalue weighted by Crippen LogP contribution is 2.47. The number of ether oxygens (including phenoxy) is 3. The van der Waals surface area contributed by atoms with Gasteiger partial charge >= 0.3 is 18.4 Å². The second kappa shape index (κ2) is 12.5. The lowest BCUT2D eigenvalue weighted by Gasteiger charge is -2.46. The van der Waals surface area contributed by atoms with Gasteiger partial charge < -0.3 is 19.1 Å². The van der Waals surface area contributed by atoms with E-state index in [1.165, 1.54) is 25.5 Å². The van der Waals surface area contributed by atoms with Gasteiger partial charge in [-0.25, -0.2) is 4.79 Å². The van der Waals surface area contributed by atoms with Crippen molar-refractivity contribution in [3.05, 3.63) is 52.6 Å². The zero-order valence-corrected chi connectivity index (χ0v) is 24.1. The van der Waals surface area contributed by atoms with Crippen molar-refractivity contribution < 1.29 is 45.3 Å². The molecule has 2 aromatic carbocycles. The fourth-order valence-electron chi connectivity index (χ4n) is 6.16. The van der Waals surface area contributed by atoms with E-state index in [1.54, 1.807) is 6.07 Å². The average Bonchev–Trinajstić information content (AvgIpc) is 2.95. The third-order valence-corrected chi connectivity index (χ3v) is 8.26. The van der Waals surface area contributed by atoms with Crippen molar-refractivity contribution in [1.29, 1.82) is 0 Å². The second-order valence-corrected chi connectivity index (χ2v) is 11.0. The number of halogens is 6. The molecule has 1 saturated carbocycles. The minimum Gasteiger partial charge on any atom is -0.493 e. The van der Waals surface area contributed by atoms with Gasteiger partial charge in [-0.05, 0) is 61.9 Å². The van der Waals surface area contributed by atoms with Crippen molar-refractivity contribution >= 4 is 11.8 Å². The lowest BCUT2D eigenvalue weighted by molar-refractivity contribution is -0.143. The zero-order chi connectivity index (χ0) is 30.8. The fourth-order valence-corrected chi connectivity index (χ4v) is 6.16. The number of carbonyl (C=O) groups excluding carboxylic acids is 1. The zero-order valence-electron chi connectivity index (χ0n) is 24.1. The van der Waals surface area contributed by atoms with Gasteiger partial charge in [0.25, 0.3) is 0 Å². The van der Waals surface area contributed by atoms with Crippen molar-refractivity contribution in [2.24, 2.45) is 5.92 Å². The lowest BCUT2D eigenvalue weighted by atomic mass is 9.85. The van der Waals surface area contributed by atoms with Gasteiger partial charge in [0, 0.05) is 36.4 Å². The minimum atomic E-state index is -5.01. The van der Waals surface area contributed by atoms with Crippen LogP contribution < -0.4 is 14.4 Å². The predicted molar refractivity (Wildman–Crippen MR) is 145 cm³/mol. The van der Waals surface area contributed by atoms with Crippen LogP contribution in [0.2, 0.25) is 0 Å². The highest BCUT2D eigenvalue weighted by Gasteiger charge is 2.40. The predicted octanol–water partition coefficient (Wildman–Crippen LogP) is 8.23. The van der Waals surface area contributed by atoms with Gasteiger partial charge in [0.05, 0.1) is 38.5 Å². The Morgan fingerprint density at radius 2 is 1.45 bits per heavy atom. The summed E-state index contributed by atoms with van der Waals surface area (Å²) in [7, 11) is 4.09. The van der Waals surface area contributed by atoms with Gasteiger partial charge in [0.2, 0.25) is 0 Å². The molecule has 2 atom stereocenters. The van der Waals surface area contributed by atoms with Crippen LogP contribution in [0.3, 0.4) is 0 Å².